The number of hydrogen-bond acceptors (Lipinski definition) is 3. The predicted octanol–water partition coefficient (Wildman–Crippen LogP) is 3.35. The fourth-order valence-electron chi connectivity index (χ4n) is 2.83. The molecule has 2 rings (SSSR count). The molecule has 1 saturated carbocycles. The summed E-state index contributed by atoms with van der Waals surface area (Å²) in [7, 11) is 1.81. The van der Waals surface area contributed by atoms with Crippen LogP contribution in [-0.4, -0.2) is 18.1 Å². The molecule has 1 fully saturated rings. The maximum atomic E-state index is 13.8. The zero-order chi connectivity index (χ0) is 14.0. The number of nitrogen functional groups attached to an aromatic ring is 1. The fraction of sp³-hybridized carbons (Fsp3) is 0.643. The van der Waals surface area contributed by atoms with Crippen molar-refractivity contribution in [2.24, 2.45) is 5.92 Å². The van der Waals surface area contributed by atoms with Crippen molar-refractivity contribution in [3.63, 3.8) is 0 Å². The van der Waals surface area contributed by atoms with Crippen molar-refractivity contribution in [3.8, 4) is 0 Å². The van der Waals surface area contributed by atoms with E-state index >= 15 is 0 Å². The molecule has 2 N–H and O–H groups in total. The Morgan fingerprint density at radius 2 is 1.89 bits per heavy atom. The van der Waals surface area contributed by atoms with Crippen LogP contribution >= 0.6 is 0 Å². The van der Waals surface area contributed by atoms with Gasteiger partial charge in [-0.1, -0.05) is 13.3 Å². The molecule has 1 aliphatic rings. The van der Waals surface area contributed by atoms with Crippen molar-refractivity contribution in [3.05, 3.63) is 17.7 Å². The van der Waals surface area contributed by atoms with Gasteiger partial charge in [-0.3, -0.25) is 0 Å². The highest BCUT2D eigenvalue weighted by atomic mass is 19.1. The monoisotopic (exact) mass is 269 g/mol. The third kappa shape index (κ3) is 2.96. The molecule has 0 atom stereocenters. The molecule has 0 bridgehead atoms. The molecule has 1 heterocycles. The van der Waals surface area contributed by atoms with Gasteiger partial charge < -0.3 is 10.6 Å². The summed E-state index contributed by atoms with van der Waals surface area (Å²) in [6.07, 6.45) is 5.56. The first-order valence-corrected chi connectivity index (χ1v) is 6.87. The number of rotatable bonds is 3. The van der Waals surface area contributed by atoms with E-state index in [1.165, 1.54) is 6.42 Å². The Morgan fingerprint density at radius 1 is 1.26 bits per heavy atom. The van der Waals surface area contributed by atoms with Crippen LogP contribution in [0.2, 0.25) is 0 Å². The highest BCUT2D eigenvalue weighted by Gasteiger charge is 2.25. The van der Waals surface area contributed by atoms with E-state index in [1.54, 1.807) is 11.9 Å². The van der Waals surface area contributed by atoms with Gasteiger partial charge in [-0.25, -0.2) is 13.8 Å². The molecule has 1 aromatic heterocycles. The highest BCUT2D eigenvalue weighted by Crippen LogP contribution is 2.31. The second-order valence-electron chi connectivity index (χ2n) is 5.35. The minimum atomic E-state index is -0.802. The van der Waals surface area contributed by atoms with E-state index in [2.05, 4.69) is 11.9 Å². The van der Waals surface area contributed by atoms with E-state index in [-0.39, 0.29) is 17.7 Å². The van der Waals surface area contributed by atoms with Crippen molar-refractivity contribution >= 4 is 11.6 Å². The molecule has 0 saturated heterocycles. The van der Waals surface area contributed by atoms with Gasteiger partial charge in [-0.2, -0.15) is 0 Å². The summed E-state index contributed by atoms with van der Waals surface area (Å²) in [5, 5.41) is 0. The molecular weight excluding hydrogens is 248 g/mol. The van der Waals surface area contributed by atoms with Gasteiger partial charge >= 0.3 is 0 Å². The van der Waals surface area contributed by atoms with E-state index in [9.17, 15) is 8.78 Å². The lowest BCUT2D eigenvalue weighted by Crippen LogP contribution is -2.36. The smallest absolute Gasteiger partial charge is 0.168 e. The molecule has 1 aromatic rings. The van der Waals surface area contributed by atoms with Crippen molar-refractivity contribution < 1.29 is 8.78 Å². The van der Waals surface area contributed by atoms with Gasteiger partial charge in [0.05, 0.1) is 0 Å². The van der Waals surface area contributed by atoms with Gasteiger partial charge in [0.15, 0.2) is 23.3 Å². The third-order valence-electron chi connectivity index (χ3n) is 4.21. The molecule has 0 unspecified atom stereocenters. The molecule has 0 radical (unpaired) electrons. The highest BCUT2D eigenvalue weighted by molar-refractivity contribution is 5.47. The van der Waals surface area contributed by atoms with Crippen LogP contribution in [0.1, 0.15) is 39.0 Å². The van der Waals surface area contributed by atoms with Crippen LogP contribution in [0.15, 0.2) is 6.07 Å². The Kier molecular flexibility index (Phi) is 4.22. The maximum Gasteiger partial charge on any atom is 0.168 e. The maximum absolute atomic E-state index is 13.8. The number of aromatic nitrogens is 1. The lowest BCUT2D eigenvalue weighted by Gasteiger charge is -2.35. The molecule has 0 spiro atoms. The lowest BCUT2D eigenvalue weighted by atomic mass is 9.84. The van der Waals surface area contributed by atoms with Gasteiger partial charge in [-0.15, -0.1) is 0 Å². The van der Waals surface area contributed by atoms with Gasteiger partial charge in [0.25, 0.3) is 0 Å². The quantitative estimate of drug-likeness (QED) is 0.915. The molecule has 0 amide bonds. The number of hydrogen-bond donors (Lipinski definition) is 1. The van der Waals surface area contributed by atoms with E-state index < -0.39 is 11.6 Å². The van der Waals surface area contributed by atoms with E-state index in [1.807, 2.05) is 0 Å². The number of nitrogens with zero attached hydrogens (tertiary/aromatic N) is 2. The van der Waals surface area contributed by atoms with Crippen molar-refractivity contribution in [2.45, 2.75) is 45.1 Å². The SMILES string of the molecule is CCC1CCC(N(C)c2nc(N)c(F)cc2F)CC1. The summed E-state index contributed by atoms with van der Waals surface area (Å²) in [5.74, 6) is -0.763. The predicted molar refractivity (Wildman–Crippen MR) is 73.0 cm³/mol. The largest absolute Gasteiger partial charge is 0.381 e. The van der Waals surface area contributed by atoms with Gasteiger partial charge in [0, 0.05) is 19.2 Å². The average molecular weight is 269 g/mol. The molecule has 0 aromatic carbocycles. The normalized spacial score (nSPS) is 23.4. The lowest BCUT2D eigenvalue weighted by molar-refractivity contribution is 0.312. The number of anilines is 2. The zero-order valence-corrected chi connectivity index (χ0v) is 11.5. The molecule has 5 heteroatoms. The number of halogens is 2. The first kappa shape index (κ1) is 14.0. The second-order valence-corrected chi connectivity index (χ2v) is 5.35. The fourth-order valence-corrected chi connectivity index (χ4v) is 2.83. The number of nitrogens with two attached hydrogens (primary N) is 1. The van der Waals surface area contributed by atoms with Crippen LogP contribution in [0, 0.1) is 17.6 Å². The summed E-state index contributed by atoms with van der Waals surface area (Å²) in [4.78, 5) is 5.64. The molecule has 19 heavy (non-hydrogen) atoms. The van der Waals surface area contributed by atoms with E-state index in [0.717, 1.165) is 37.7 Å². The minimum Gasteiger partial charge on any atom is -0.381 e. The Morgan fingerprint density at radius 3 is 2.47 bits per heavy atom. The summed E-state index contributed by atoms with van der Waals surface area (Å²) >= 11 is 0. The standard InChI is InChI=1S/C14H21F2N3/c1-3-9-4-6-10(7-5-9)19(2)14-12(16)8-11(15)13(17)18-14/h8-10H,3-7H2,1-2H3,(H2,17,18). The molecule has 3 nitrogen and oxygen atoms in total. The first-order valence-electron chi connectivity index (χ1n) is 6.87. The van der Waals surface area contributed by atoms with Crippen LogP contribution in [0.3, 0.4) is 0 Å². The van der Waals surface area contributed by atoms with Crippen LogP contribution in [0.4, 0.5) is 20.4 Å². The minimum absolute atomic E-state index is 0.152. The van der Waals surface area contributed by atoms with Gasteiger partial charge in [-0.05, 0) is 31.6 Å². The summed E-state index contributed by atoms with van der Waals surface area (Å²) < 4.78 is 26.9. The Hall–Kier alpha value is -1.39. The third-order valence-corrected chi connectivity index (χ3v) is 4.21. The summed E-state index contributed by atoms with van der Waals surface area (Å²) in [6, 6.07) is 1.07. The van der Waals surface area contributed by atoms with Gasteiger partial charge in [0.2, 0.25) is 0 Å². The number of pyridine rings is 1. The van der Waals surface area contributed by atoms with Crippen LogP contribution < -0.4 is 10.6 Å². The molecular formula is C14H21F2N3. The van der Waals surface area contributed by atoms with Crippen molar-refractivity contribution in [2.75, 3.05) is 17.7 Å². The zero-order valence-electron chi connectivity index (χ0n) is 11.5. The first-order chi connectivity index (χ1) is 9.02. The topological polar surface area (TPSA) is 42.2 Å². The Bertz CT molecular complexity index is 443. The van der Waals surface area contributed by atoms with E-state index in [0.29, 0.717) is 0 Å². The second kappa shape index (κ2) is 5.72. The molecule has 1 aliphatic carbocycles. The van der Waals surface area contributed by atoms with Crippen LogP contribution in [-0.2, 0) is 0 Å². The summed E-state index contributed by atoms with van der Waals surface area (Å²) in [6.45, 7) is 2.20. The molecule has 0 aliphatic heterocycles. The van der Waals surface area contributed by atoms with Crippen LogP contribution in [0.5, 0.6) is 0 Å². The molecule has 106 valence electrons. The summed E-state index contributed by atoms with van der Waals surface area (Å²) in [5.41, 5.74) is 5.42. The van der Waals surface area contributed by atoms with Crippen molar-refractivity contribution in [1.82, 2.24) is 4.98 Å². The van der Waals surface area contributed by atoms with Crippen LogP contribution in [0.25, 0.3) is 0 Å². The van der Waals surface area contributed by atoms with E-state index in [4.69, 9.17) is 5.73 Å². The average Bonchev–Trinajstić information content (AvgIpc) is 2.42. The Balaban J connectivity index is 2.12. The van der Waals surface area contributed by atoms with Crippen molar-refractivity contribution in [1.29, 1.82) is 0 Å². The van der Waals surface area contributed by atoms with Gasteiger partial charge in [0.1, 0.15) is 0 Å². The Labute approximate surface area is 112 Å².